The lowest BCUT2D eigenvalue weighted by Crippen LogP contribution is -2.49. The molecule has 0 bridgehead atoms. The number of benzene rings is 1. The maximum absolute atomic E-state index is 13.8. The Balaban J connectivity index is 1.91. The van der Waals surface area contributed by atoms with Crippen molar-refractivity contribution in [2.24, 2.45) is 5.92 Å². The average molecular weight is 384 g/mol. The maximum atomic E-state index is 13.8. The smallest absolute Gasteiger partial charge is 0.331 e. The molecular formula is C18H22F2N2O5. The van der Waals surface area contributed by atoms with Crippen molar-refractivity contribution in [2.75, 3.05) is 26.3 Å². The average Bonchev–Trinajstić information content (AvgIpc) is 2.65. The van der Waals surface area contributed by atoms with Gasteiger partial charge in [-0.25, -0.2) is 13.6 Å². The molecule has 1 unspecified atom stereocenters. The Kier molecular flexibility index (Phi) is 7.23. The van der Waals surface area contributed by atoms with Crippen LogP contribution in [0, 0.1) is 17.6 Å². The van der Waals surface area contributed by atoms with E-state index in [0.29, 0.717) is 18.9 Å². The van der Waals surface area contributed by atoms with Crippen LogP contribution in [0.15, 0.2) is 18.2 Å². The predicted molar refractivity (Wildman–Crippen MR) is 90.6 cm³/mol. The van der Waals surface area contributed by atoms with Gasteiger partial charge in [-0.3, -0.25) is 9.59 Å². The van der Waals surface area contributed by atoms with Crippen molar-refractivity contribution in [2.45, 2.75) is 25.8 Å². The number of hydrogen-bond donors (Lipinski definition) is 2. The number of carbonyl (C=O) groups excluding carboxylic acids is 3. The van der Waals surface area contributed by atoms with Crippen LogP contribution in [-0.4, -0.2) is 60.1 Å². The van der Waals surface area contributed by atoms with Crippen LogP contribution in [0.2, 0.25) is 0 Å². The van der Waals surface area contributed by atoms with Crippen molar-refractivity contribution in [3.63, 3.8) is 0 Å². The number of aliphatic hydroxyl groups is 1. The molecule has 7 nitrogen and oxygen atoms in total. The Morgan fingerprint density at radius 2 is 1.96 bits per heavy atom. The molecular weight excluding hydrogens is 362 g/mol. The van der Waals surface area contributed by atoms with Gasteiger partial charge in [0.15, 0.2) is 6.04 Å². The third kappa shape index (κ3) is 5.22. The number of hydrogen-bond acceptors (Lipinski definition) is 5. The largest absolute Gasteiger partial charge is 0.464 e. The zero-order valence-corrected chi connectivity index (χ0v) is 14.9. The fraction of sp³-hybridized carbons (Fsp3) is 0.500. The topological polar surface area (TPSA) is 95.9 Å². The van der Waals surface area contributed by atoms with Gasteiger partial charge in [-0.1, -0.05) is 0 Å². The van der Waals surface area contributed by atoms with Crippen LogP contribution >= 0.6 is 0 Å². The molecule has 1 aromatic rings. The second kappa shape index (κ2) is 9.40. The first-order valence-electron chi connectivity index (χ1n) is 8.69. The Morgan fingerprint density at radius 3 is 2.52 bits per heavy atom. The van der Waals surface area contributed by atoms with Crippen molar-refractivity contribution in [3.8, 4) is 0 Å². The van der Waals surface area contributed by atoms with Gasteiger partial charge in [0, 0.05) is 25.1 Å². The fourth-order valence-corrected chi connectivity index (χ4v) is 2.89. The van der Waals surface area contributed by atoms with Gasteiger partial charge in [0.05, 0.1) is 18.8 Å². The van der Waals surface area contributed by atoms with E-state index in [9.17, 15) is 28.3 Å². The molecule has 2 N–H and O–H groups in total. The Bertz CT molecular complexity index is 705. The van der Waals surface area contributed by atoms with E-state index in [0.717, 1.165) is 12.1 Å². The number of piperidine rings is 1. The minimum Gasteiger partial charge on any atom is -0.464 e. The molecule has 0 radical (unpaired) electrons. The van der Waals surface area contributed by atoms with Gasteiger partial charge in [0.2, 0.25) is 5.91 Å². The minimum atomic E-state index is -1.13. The highest BCUT2D eigenvalue weighted by Gasteiger charge is 2.31. The van der Waals surface area contributed by atoms with Crippen molar-refractivity contribution in [1.82, 2.24) is 10.2 Å². The van der Waals surface area contributed by atoms with Crippen molar-refractivity contribution in [1.29, 1.82) is 0 Å². The van der Waals surface area contributed by atoms with Crippen LogP contribution in [0.1, 0.15) is 30.1 Å². The van der Waals surface area contributed by atoms with E-state index in [-0.39, 0.29) is 25.3 Å². The minimum absolute atomic E-state index is 0.131. The van der Waals surface area contributed by atoms with E-state index >= 15 is 0 Å². The van der Waals surface area contributed by atoms with Gasteiger partial charge in [-0.2, -0.15) is 0 Å². The summed E-state index contributed by atoms with van der Waals surface area (Å²) in [4.78, 5) is 37.7. The van der Waals surface area contributed by atoms with Crippen LogP contribution in [0.4, 0.5) is 8.78 Å². The molecule has 0 aromatic heterocycles. The van der Waals surface area contributed by atoms with Crippen LogP contribution in [-0.2, 0) is 14.3 Å². The number of nitrogens with zero attached hydrogens (tertiary/aromatic N) is 1. The number of aliphatic hydroxyl groups excluding tert-OH is 1. The molecule has 1 saturated heterocycles. The molecule has 2 rings (SSSR count). The first-order chi connectivity index (χ1) is 12.9. The maximum Gasteiger partial charge on any atom is 0.331 e. The molecule has 1 aliphatic rings. The lowest BCUT2D eigenvalue weighted by Gasteiger charge is -2.32. The standard InChI is InChI=1S/C18H22F2N2O5/c1-2-27-18(26)15(10-23)21-16(24)11-5-7-22(8-6-11)17(25)13-4-3-12(19)9-14(13)20/h3-4,9,11,15,23H,2,5-8,10H2,1H3,(H,21,24). The first kappa shape index (κ1) is 20.8. The summed E-state index contributed by atoms with van der Waals surface area (Å²) < 4.78 is 31.5. The molecule has 1 atom stereocenters. The zero-order chi connectivity index (χ0) is 20.0. The summed E-state index contributed by atoms with van der Waals surface area (Å²) in [7, 11) is 0. The lowest BCUT2D eigenvalue weighted by molar-refractivity contribution is -0.149. The molecule has 1 heterocycles. The van der Waals surface area contributed by atoms with Crippen molar-refractivity contribution in [3.05, 3.63) is 35.4 Å². The highest BCUT2D eigenvalue weighted by molar-refractivity contribution is 5.94. The van der Waals surface area contributed by atoms with Gasteiger partial charge in [-0.15, -0.1) is 0 Å². The van der Waals surface area contributed by atoms with Gasteiger partial charge >= 0.3 is 5.97 Å². The number of esters is 1. The van der Waals surface area contributed by atoms with E-state index in [2.05, 4.69) is 5.32 Å². The first-order valence-corrected chi connectivity index (χ1v) is 8.69. The molecule has 0 spiro atoms. The molecule has 2 amide bonds. The van der Waals surface area contributed by atoms with E-state index in [4.69, 9.17) is 4.74 Å². The zero-order valence-electron chi connectivity index (χ0n) is 14.9. The summed E-state index contributed by atoms with van der Waals surface area (Å²) in [6.07, 6.45) is 0.642. The number of likely N-dealkylation sites (tertiary alicyclic amines) is 1. The summed E-state index contributed by atoms with van der Waals surface area (Å²) in [5, 5.41) is 11.7. The fourth-order valence-electron chi connectivity index (χ4n) is 2.89. The van der Waals surface area contributed by atoms with Crippen LogP contribution in [0.5, 0.6) is 0 Å². The van der Waals surface area contributed by atoms with Gasteiger partial charge in [0.1, 0.15) is 11.6 Å². The van der Waals surface area contributed by atoms with E-state index in [1.807, 2.05) is 0 Å². The Hall–Kier alpha value is -2.55. The van der Waals surface area contributed by atoms with E-state index < -0.39 is 48.0 Å². The summed E-state index contributed by atoms with van der Waals surface area (Å²) in [5.41, 5.74) is -0.220. The number of carbonyl (C=O) groups is 3. The van der Waals surface area contributed by atoms with Crippen LogP contribution in [0.3, 0.4) is 0 Å². The van der Waals surface area contributed by atoms with Crippen LogP contribution < -0.4 is 5.32 Å². The van der Waals surface area contributed by atoms with Gasteiger partial charge in [-0.05, 0) is 31.9 Å². The number of nitrogens with one attached hydrogen (secondary N) is 1. The normalized spacial score (nSPS) is 15.9. The van der Waals surface area contributed by atoms with Gasteiger partial charge < -0.3 is 20.1 Å². The predicted octanol–water partition coefficient (Wildman–Crippen LogP) is 0.857. The second-order valence-electron chi connectivity index (χ2n) is 6.19. The second-order valence-corrected chi connectivity index (χ2v) is 6.19. The molecule has 1 aliphatic heterocycles. The lowest BCUT2D eigenvalue weighted by atomic mass is 9.95. The Morgan fingerprint density at radius 1 is 1.30 bits per heavy atom. The number of rotatable bonds is 6. The molecule has 27 heavy (non-hydrogen) atoms. The van der Waals surface area contributed by atoms with Crippen molar-refractivity contribution < 1.29 is 33.0 Å². The third-order valence-corrected chi connectivity index (χ3v) is 4.38. The molecule has 0 saturated carbocycles. The highest BCUT2D eigenvalue weighted by atomic mass is 19.1. The van der Waals surface area contributed by atoms with E-state index in [1.54, 1.807) is 6.92 Å². The summed E-state index contributed by atoms with van der Waals surface area (Å²) in [6, 6.07) is 1.63. The molecule has 1 aromatic carbocycles. The molecule has 0 aliphatic carbocycles. The number of amides is 2. The van der Waals surface area contributed by atoms with Crippen molar-refractivity contribution >= 4 is 17.8 Å². The highest BCUT2D eigenvalue weighted by Crippen LogP contribution is 2.21. The van der Waals surface area contributed by atoms with Crippen LogP contribution in [0.25, 0.3) is 0 Å². The summed E-state index contributed by atoms with van der Waals surface area (Å²) in [5.74, 6) is -3.84. The number of ether oxygens (including phenoxy) is 1. The molecule has 148 valence electrons. The molecule has 9 heteroatoms. The summed E-state index contributed by atoms with van der Waals surface area (Å²) >= 11 is 0. The quantitative estimate of drug-likeness (QED) is 0.710. The summed E-state index contributed by atoms with van der Waals surface area (Å²) in [6.45, 7) is 1.61. The number of halogens is 2. The Labute approximate surface area is 155 Å². The monoisotopic (exact) mass is 384 g/mol. The van der Waals surface area contributed by atoms with Gasteiger partial charge in [0.25, 0.3) is 5.91 Å². The van der Waals surface area contributed by atoms with E-state index in [1.165, 1.54) is 4.90 Å². The molecule has 1 fully saturated rings. The third-order valence-electron chi connectivity index (χ3n) is 4.38. The SMILES string of the molecule is CCOC(=O)C(CO)NC(=O)C1CCN(C(=O)c2ccc(F)cc2F)CC1.